The minimum absolute atomic E-state index is 0.242. The topological polar surface area (TPSA) is 71.8 Å². The van der Waals surface area contributed by atoms with E-state index in [1.807, 2.05) is 48.7 Å². The maximum Gasteiger partial charge on any atom is 0.180 e. The number of benzene rings is 2. The SMILES string of the molecule is O=C(CC1CC1)c1ccc(-c2cnc3c(NCCCN4CCOCC4)nc(-c4ccccc4)cn23)cc1. The van der Waals surface area contributed by atoms with Crippen molar-refractivity contribution >= 4 is 17.2 Å². The molecule has 0 amide bonds. The van der Waals surface area contributed by atoms with Crippen LogP contribution in [0.4, 0.5) is 5.82 Å². The molecule has 7 nitrogen and oxygen atoms in total. The van der Waals surface area contributed by atoms with Gasteiger partial charge in [-0.2, -0.15) is 0 Å². The molecule has 2 fully saturated rings. The van der Waals surface area contributed by atoms with Gasteiger partial charge in [0.25, 0.3) is 0 Å². The maximum absolute atomic E-state index is 12.5. The summed E-state index contributed by atoms with van der Waals surface area (Å²) in [5.74, 6) is 1.62. The lowest BCUT2D eigenvalue weighted by Gasteiger charge is -2.26. The molecule has 2 aromatic heterocycles. The summed E-state index contributed by atoms with van der Waals surface area (Å²) in [5.41, 5.74) is 5.54. The second-order valence-corrected chi connectivity index (χ2v) is 10.1. The molecule has 2 aromatic carbocycles. The summed E-state index contributed by atoms with van der Waals surface area (Å²) < 4.78 is 7.57. The highest BCUT2D eigenvalue weighted by molar-refractivity contribution is 5.96. The van der Waals surface area contributed by atoms with E-state index >= 15 is 0 Å². The number of hydrogen-bond donors (Lipinski definition) is 1. The van der Waals surface area contributed by atoms with Gasteiger partial charge in [0.1, 0.15) is 0 Å². The standard InChI is InChI=1S/C30H33N5O2/c36-28(19-22-7-8-22)25-11-9-24(10-12-25)27-20-32-30-29(31-13-4-14-34-15-17-37-18-16-34)33-26(21-35(27)30)23-5-2-1-3-6-23/h1-3,5-6,9-12,20-22H,4,7-8,13-19H2,(H,31,33). The van der Waals surface area contributed by atoms with Crippen molar-refractivity contribution in [3.63, 3.8) is 0 Å². The average molecular weight is 496 g/mol. The van der Waals surface area contributed by atoms with Gasteiger partial charge in [-0.15, -0.1) is 0 Å². The summed E-state index contributed by atoms with van der Waals surface area (Å²) in [7, 11) is 0. The summed E-state index contributed by atoms with van der Waals surface area (Å²) in [6, 6.07) is 18.2. The van der Waals surface area contributed by atoms with Gasteiger partial charge in [-0.1, -0.05) is 54.6 Å². The van der Waals surface area contributed by atoms with E-state index in [9.17, 15) is 4.79 Å². The predicted molar refractivity (Wildman–Crippen MR) is 146 cm³/mol. The zero-order valence-electron chi connectivity index (χ0n) is 21.1. The molecule has 0 bridgehead atoms. The van der Waals surface area contributed by atoms with Gasteiger partial charge in [0, 0.05) is 48.9 Å². The number of fused-ring (bicyclic) bond motifs is 1. The van der Waals surface area contributed by atoms with Crippen LogP contribution in [0.1, 0.15) is 36.0 Å². The summed E-state index contributed by atoms with van der Waals surface area (Å²) >= 11 is 0. The Labute approximate surface area is 217 Å². The van der Waals surface area contributed by atoms with Crippen LogP contribution in [0.3, 0.4) is 0 Å². The molecule has 2 aliphatic rings. The van der Waals surface area contributed by atoms with E-state index in [-0.39, 0.29) is 5.78 Å². The van der Waals surface area contributed by atoms with Crippen molar-refractivity contribution in [3.8, 4) is 22.5 Å². The van der Waals surface area contributed by atoms with Gasteiger partial charge in [0.05, 0.1) is 30.8 Å². The van der Waals surface area contributed by atoms with Gasteiger partial charge in [0.2, 0.25) is 0 Å². The third-order valence-corrected chi connectivity index (χ3v) is 7.28. The van der Waals surface area contributed by atoms with Crippen molar-refractivity contribution < 1.29 is 9.53 Å². The monoisotopic (exact) mass is 495 g/mol. The number of carbonyl (C=O) groups is 1. The Morgan fingerprint density at radius 1 is 1.00 bits per heavy atom. The summed E-state index contributed by atoms with van der Waals surface area (Å²) in [5, 5.41) is 3.55. The molecule has 1 aliphatic carbocycles. The lowest BCUT2D eigenvalue weighted by atomic mass is 10.0. The third-order valence-electron chi connectivity index (χ3n) is 7.28. The van der Waals surface area contributed by atoms with E-state index in [0.29, 0.717) is 12.3 Å². The molecule has 3 heterocycles. The molecule has 7 heteroatoms. The summed E-state index contributed by atoms with van der Waals surface area (Å²) in [6.07, 6.45) is 8.01. The molecule has 1 aliphatic heterocycles. The highest BCUT2D eigenvalue weighted by atomic mass is 16.5. The largest absolute Gasteiger partial charge is 0.379 e. The van der Waals surface area contributed by atoms with Gasteiger partial charge < -0.3 is 10.1 Å². The first-order valence-electron chi connectivity index (χ1n) is 13.4. The summed E-state index contributed by atoms with van der Waals surface area (Å²) in [6.45, 7) is 5.50. The molecule has 0 radical (unpaired) electrons. The molecule has 190 valence electrons. The van der Waals surface area contributed by atoms with Crippen molar-refractivity contribution in [1.29, 1.82) is 0 Å². The fraction of sp³-hybridized carbons (Fsp3) is 0.367. The lowest BCUT2D eigenvalue weighted by Crippen LogP contribution is -2.37. The van der Waals surface area contributed by atoms with E-state index in [1.165, 1.54) is 12.8 Å². The van der Waals surface area contributed by atoms with Gasteiger partial charge in [-0.3, -0.25) is 14.1 Å². The molecule has 4 aromatic rings. The smallest absolute Gasteiger partial charge is 0.180 e. The number of hydrogen-bond acceptors (Lipinski definition) is 6. The highest BCUT2D eigenvalue weighted by Crippen LogP contribution is 2.34. The average Bonchev–Trinajstić information content (AvgIpc) is 3.66. The van der Waals surface area contributed by atoms with E-state index in [2.05, 4.69) is 32.9 Å². The van der Waals surface area contributed by atoms with Crippen molar-refractivity contribution in [3.05, 3.63) is 72.6 Å². The van der Waals surface area contributed by atoms with E-state index < -0.39 is 0 Å². The van der Waals surface area contributed by atoms with Gasteiger partial charge >= 0.3 is 0 Å². The lowest BCUT2D eigenvalue weighted by molar-refractivity contribution is 0.0378. The molecular formula is C30H33N5O2. The van der Waals surface area contributed by atoms with E-state index in [1.54, 1.807) is 0 Å². The number of ether oxygens (including phenoxy) is 1. The minimum Gasteiger partial charge on any atom is -0.379 e. The zero-order chi connectivity index (χ0) is 25.0. The van der Waals surface area contributed by atoms with Crippen LogP contribution in [0.25, 0.3) is 28.2 Å². The van der Waals surface area contributed by atoms with Crippen molar-refractivity contribution in [2.75, 3.05) is 44.7 Å². The number of ketones is 1. The Balaban J connectivity index is 1.26. The summed E-state index contributed by atoms with van der Waals surface area (Å²) in [4.78, 5) is 24.7. The minimum atomic E-state index is 0.242. The van der Waals surface area contributed by atoms with Crippen LogP contribution in [0.5, 0.6) is 0 Å². The number of anilines is 1. The Bertz CT molecular complexity index is 1360. The number of nitrogens with one attached hydrogen (secondary N) is 1. The molecule has 0 unspecified atom stereocenters. The quantitative estimate of drug-likeness (QED) is 0.241. The number of rotatable bonds is 10. The molecular weight excluding hydrogens is 462 g/mol. The molecule has 1 saturated carbocycles. The number of nitrogens with zero attached hydrogens (tertiary/aromatic N) is 4. The van der Waals surface area contributed by atoms with E-state index in [4.69, 9.17) is 14.7 Å². The maximum atomic E-state index is 12.5. The molecule has 37 heavy (non-hydrogen) atoms. The first-order valence-corrected chi connectivity index (χ1v) is 13.4. The molecule has 1 N–H and O–H groups in total. The zero-order valence-corrected chi connectivity index (χ0v) is 21.1. The van der Waals surface area contributed by atoms with Gasteiger partial charge in [-0.25, -0.2) is 9.97 Å². The Morgan fingerprint density at radius 2 is 1.78 bits per heavy atom. The Morgan fingerprint density at radius 3 is 2.54 bits per heavy atom. The third kappa shape index (κ3) is 5.58. The van der Waals surface area contributed by atoms with Crippen LogP contribution in [0.2, 0.25) is 0 Å². The normalized spacial score (nSPS) is 16.2. The number of aromatic nitrogens is 3. The number of imidazole rings is 1. The van der Waals surface area contributed by atoms with Crippen molar-refractivity contribution in [2.24, 2.45) is 5.92 Å². The predicted octanol–water partition coefficient (Wildman–Crippen LogP) is 5.18. The Hall–Kier alpha value is -3.55. The van der Waals surface area contributed by atoms with Crippen molar-refractivity contribution in [2.45, 2.75) is 25.7 Å². The van der Waals surface area contributed by atoms with Crippen LogP contribution in [0, 0.1) is 5.92 Å². The van der Waals surface area contributed by atoms with Crippen LogP contribution in [0.15, 0.2) is 67.0 Å². The fourth-order valence-corrected chi connectivity index (χ4v) is 4.93. The number of Topliss-reactive ketones (excluding diaryl/α,β-unsaturated/α-hetero) is 1. The molecule has 0 atom stereocenters. The first kappa shape index (κ1) is 23.8. The molecule has 6 rings (SSSR count). The highest BCUT2D eigenvalue weighted by Gasteiger charge is 2.25. The van der Waals surface area contributed by atoms with Crippen LogP contribution < -0.4 is 5.32 Å². The second-order valence-electron chi connectivity index (χ2n) is 10.1. The van der Waals surface area contributed by atoms with Gasteiger partial charge in [0.15, 0.2) is 17.2 Å². The van der Waals surface area contributed by atoms with Crippen molar-refractivity contribution in [1.82, 2.24) is 19.3 Å². The number of carbonyl (C=O) groups excluding carboxylic acids is 1. The second kappa shape index (κ2) is 10.8. The Kier molecular flexibility index (Phi) is 6.97. The van der Waals surface area contributed by atoms with E-state index in [0.717, 1.165) is 85.4 Å². The van der Waals surface area contributed by atoms with Crippen LogP contribution in [-0.4, -0.2) is 64.4 Å². The fourth-order valence-electron chi connectivity index (χ4n) is 4.93. The number of morpholine rings is 1. The van der Waals surface area contributed by atoms with Crippen LogP contribution >= 0.6 is 0 Å². The van der Waals surface area contributed by atoms with Gasteiger partial charge in [-0.05, 0) is 31.7 Å². The first-order chi connectivity index (χ1) is 18.2. The van der Waals surface area contributed by atoms with Crippen LogP contribution in [-0.2, 0) is 4.74 Å². The molecule has 1 saturated heterocycles. The molecule has 0 spiro atoms.